The Bertz CT molecular complexity index is 317. The second-order valence-electron chi connectivity index (χ2n) is 2.55. The molecule has 0 aromatic carbocycles. The fourth-order valence-electron chi connectivity index (χ4n) is 1.08. The van der Waals surface area contributed by atoms with E-state index in [2.05, 4.69) is 16.2 Å². The number of hydrogen-bond donors (Lipinski definition) is 1. The number of pyridine rings is 1. The maximum Gasteiger partial charge on any atom is 0.147 e. The van der Waals surface area contributed by atoms with Gasteiger partial charge in [0.2, 0.25) is 0 Å². The molecule has 0 spiro atoms. The lowest BCUT2D eigenvalue weighted by atomic mass is 10.1. The largest absolute Gasteiger partial charge is 0.300 e. The fraction of sp³-hybridized carbons (Fsp3) is 0.300. The second-order valence-corrected chi connectivity index (χ2v) is 2.55. The molecule has 3 heteroatoms. The van der Waals surface area contributed by atoms with Crippen LogP contribution in [0.3, 0.4) is 0 Å². The summed E-state index contributed by atoms with van der Waals surface area (Å²) in [6.07, 6.45) is 7.95. The maximum atomic E-state index is 13.2. The van der Waals surface area contributed by atoms with E-state index >= 15 is 0 Å². The zero-order valence-corrected chi connectivity index (χ0v) is 7.42. The van der Waals surface area contributed by atoms with Gasteiger partial charge < -0.3 is 5.32 Å². The van der Waals surface area contributed by atoms with E-state index in [9.17, 15) is 4.39 Å². The molecule has 2 nitrogen and oxygen atoms in total. The minimum Gasteiger partial charge on any atom is -0.300 e. The van der Waals surface area contributed by atoms with Gasteiger partial charge in [-0.25, -0.2) is 4.39 Å². The first-order valence-electron chi connectivity index (χ1n) is 4.08. The van der Waals surface area contributed by atoms with Crippen LogP contribution in [0.1, 0.15) is 18.5 Å². The third-order valence-corrected chi connectivity index (χ3v) is 1.69. The van der Waals surface area contributed by atoms with Crippen molar-refractivity contribution in [3.8, 4) is 12.3 Å². The lowest BCUT2D eigenvalue weighted by Crippen LogP contribution is -2.20. The molecule has 1 atom stereocenters. The van der Waals surface area contributed by atoms with Gasteiger partial charge in [0, 0.05) is 11.8 Å². The lowest BCUT2D eigenvalue weighted by molar-refractivity contribution is 0.569. The number of halogens is 1. The summed E-state index contributed by atoms with van der Waals surface area (Å²) >= 11 is 0. The molecule has 0 aliphatic heterocycles. The lowest BCUT2D eigenvalue weighted by Gasteiger charge is -2.11. The van der Waals surface area contributed by atoms with Crippen molar-refractivity contribution in [3.63, 3.8) is 0 Å². The molecule has 1 N–H and O–H groups in total. The summed E-state index contributed by atoms with van der Waals surface area (Å²) in [5, 5.41) is 2.99. The van der Waals surface area contributed by atoms with Crippen LogP contribution in [-0.4, -0.2) is 11.5 Å². The summed E-state index contributed by atoms with van der Waals surface area (Å²) in [7, 11) is 0. The third kappa shape index (κ3) is 2.27. The molecule has 1 aromatic heterocycles. The molecule has 1 unspecified atom stereocenters. The average Bonchev–Trinajstić information content (AvgIpc) is 2.16. The quantitative estimate of drug-likeness (QED) is 0.709. The molecule has 13 heavy (non-hydrogen) atoms. The summed E-state index contributed by atoms with van der Waals surface area (Å²) in [5.74, 6) is 2.11. The number of hydrogen-bond acceptors (Lipinski definition) is 2. The van der Waals surface area contributed by atoms with Crippen LogP contribution in [0.5, 0.6) is 0 Å². The van der Waals surface area contributed by atoms with E-state index in [1.165, 1.54) is 6.20 Å². The minimum absolute atomic E-state index is 0.368. The predicted molar refractivity (Wildman–Crippen MR) is 49.4 cm³/mol. The highest BCUT2D eigenvalue weighted by Crippen LogP contribution is 2.14. The predicted octanol–water partition coefficient (Wildman–Crippen LogP) is 1.50. The SMILES string of the molecule is C#CC(NCC)c1ccncc1F. The second kappa shape index (κ2) is 4.58. The molecular formula is C10H11FN2. The van der Waals surface area contributed by atoms with Crippen molar-refractivity contribution in [2.75, 3.05) is 6.54 Å². The Morgan fingerprint density at radius 2 is 2.54 bits per heavy atom. The van der Waals surface area contributed by atoms with E-state index in [0.717, 1.165) is 6.20 Å². The van der Waals surface area contributed by atoms with Crippen LogP contribution in [0.4, 0.5) is 4.39 Å². The molecule has 1 heterocycles. The molecule has 0 radical (unpaired) electrons. The number of rotatable bonds is 3. The molecular weight excluding hydrogens is 167 g/mol. The standard InChI is InChI=1S/C10H11FN2/c1-3-10(13-4-2)8-5-6-12-7-9(8)11/h1,5-7,10,13H,4H2,2H3. The first kappa shape index (κ1) is 9.69. The normalized spacial score (nSPS) is 12.1. The summed E-state index contributed by atoms with van der Waals surface area (Å²) in [6.45, 7) is 2.63. The summed E-state index contributed by atoms with van der Waals surface area (Å²) < 4.78 is 13.2. The van der Waals surface area contributed by atoms with Gasteiger partial charge in [0.15, 0.2) is 0 Å². The first-order valence-corrected chi connectivity index (χ1v) is 4.08. The molecule has 0 saturated carbocycles. The van der Waals surface area contributed by atoms with Crippen molar-refractivity contribution >= 4 is 0 Å². The van der Waals surface area contributed by atoms with Gasteiger partial charge in [0.25, 0.3) is 0 Å². The number of terminal acetylenes is 1. The van der Waals surface area contributed by atoms with Crippen molar-refractivity contribution in [2.45, 2.75) is 13.0 Å². The van der Waals surface area contributed by atoms with E-state index in [1.54, 1.807) is 6.07 Å². The van der Waals surface area contributed by atoms with Gasteiger partial charge in [-0.3, -0.25) is 4.98 Å². The molecule has 0 amide bonds. The molecule has 68 valence electrons. The highest BCUT2D eigenvalue weighted by atomic mass is 19.1. The summed E-state index contributed by atoms with van der Waals surface area (Å²) in [4.78, 5) is 3.65. The average molecular weight is 178 g/mol. The third-order valence-electron chi connectivity index (χ3n) is 1.69. The monoisotopic (exact) mass is 178 g/mol. The first-order chi connectivity index (χ1) is 6.29. The topological polar surface area (TPSA) is 24.9 Å². The van der Waals surface area contributed by atoms with Gasteiger partial charge >= 0.3 is 0 Å². The molecule has 0 aliphatic rings. The van der Waals surface area contributed by atoms with Crippen LogP contribution >= 0.6 is 0 Å². The molecule has 0 saturated heterocycles. The number of aromatic nitrogens is 1. The highest BCUT2D eigenvalue weighted by molar-refractivity contribution is 5.24. The molecule has 0 aliphatic carbocycles. The van der Waals surface area contributed by atoms with Crippen LogP contribution in [0.25, 0.3) is 0 Å². The van der Waals surface area contributed by atoms with Crippen molar-refractivity contribution in [2.24, 2.45) is 0 Å². The highest BCUT2D eigenvalue weighted by Gasteiger charge is 2.10. The molecule has 0 bridgehead atoms. The van der Waals surface area contributed by atoms with Gasteiger partial charge in [0.05, 0.1) is 12.2 Å². The Morgan fingerprint density at radius 1 is 1.77 bits per heavy atom. The Balaban J connectivity index is 2.92. The van der Waals surface area contributed by atoms with Crippen LogP contribution in [0.2, 0.25) is 0 Å². The van der Waals surface area contributed by atoms with Crippen LogP contribution in [0, 0.1) is 18.2 Å². The number of nitrogens with zero attached hydrogens (tertiary/aromatic N) is 1. The van der Waals surface area contributed by atoms with Gasteiger partial charge in [-0.1, -0.05) is 12.8 Å². The van der Waals surface area contributed by atoms with Crippen molar-refractivity contribution < 1.29 is 4.39 Å². The van der Waals surface area contributed by atoms with Crippen molar-refractivity contribution in [1.29, 1.82) is 0 Å². The summed E-state index contributed by atoms with van der Waals surface area (Å²) in [6, 6.07) is 1.22. The van der Waals surface area contributed by atoms with E-state index < -0.39 is 0 Å². The maximum absolute atomic E-state index is 13.2. The fourth-order valence-corrected chi connectivity index (χ4v) is 1.08. The van der Waals surface area contributed by atoms with E-state index in [1.807, 2.05) is 6.92 Å². The van der Waals surface area contributed by atoms with Gasteiger partial charge in [-0.15, -0.1) is 6.42 Å². The van der Waals surface area contributed by atoms with E-state index in [-0.39, 0.29) is 11.9 Å². The Hall–Kier alpha value is -1.40. The van der Waals surface area contributed by atoms with Crippen molar-refractivity contribution in [1.82, 2.24) is 10.3 Å². The van der Waals surface area contributed by atoms with E-state index in [4.69, 9.17) is 6.42 Å². The summed E-state index contributed by atoms with van der Waals surface area (Å²) in [5.41, 5.74) is 0.472. The van der Waals surface area contributed by atoms with Crippen LogP contribution in [0.15, 0.2) is 18.5 Å². The molecule has 1 aromatic rings. The minimum atomic E-state index is -0.369. The Labute approximate surface area is 77.2 Å². The Morgan fingerprint density at radius 3 is 3.08 bits per heavy atom. The Kier molecular flexibility index (Phi) is 3.41. The zero-order valence-electron chi connectivity index (χ0n) is 7.42. The van der Waals surface area contributed by atoms with Crippen LogP contribution in [-0.2, 0) is 0 Å². The zero-order chi connectivity index (χ0) is 9.68. The molecule has 1 rings (SSSR count). The smallest absolute Gasteiger partial charge is 0.147 e. The van der Waals surface area contributed by atoms with Gasteiger partial charge in [0.1, 0.15) is 5.82 Å². The van der Waals surface area contributed by atoms with Crippen molar-refractivity contribution in [3.05, 3.63) is 29.8 Å². The van der Waals surface area contributed by atoms with Gasteiger partial charge in [-0.2, -0.15) is 0 Å². The number of nitrogens with one attached hydrogen (secondary N) is 1. The van der Waals surface area contributed by atoms with Crippen LogP contribution < -0.4 is 5.32 Å². The molecule has 0 fully saturated rings. The van der Waals surface area contributed by atoms with Gasteiger partial charge in [-0.05, 0) is 12.6 Å². The van der Waals surface area contributed by atoms with E-state index in [0.29, 0.717) is 12.1 Å².